The molecule has 0 unspecified atom stereocenters. The van der Waals surface area contributed by atoms with Crippen LogP contribution in [0.1, 0.15) is 37.7 Å². The van der Waals surface area contributed by atoms with Crippen molar-refractivity contribution in [2.24, 2.45) is 0 Å². The molecule has 0 aliphatic carbocycles. The van der Waals surface area contributed by atoms with Crippen molar-refractivity contribution in [3.05, 3.63) is 83.1 Å². The standard InChI is InChI=1S/C24H29NO4S/c26-25-17-7-12-22(13-8-18-29-20-21-10-3-1-4-11-21)24(25)16-9-19-30(27,28)23-14-5-2-6-15-23/h1-6,10-11,13-15H,7-9,12,16-20H2/b22-13-. The first kappa shape index (κ1) is 22.2. The van der Waals surface area contributed by atoms with Crippen LogP contribution in [0.3, 0.4) is 0 Å². The van der Waals surface area contributed by atoms with Crippen LogP contribution in [0.4, 0.5) is 0 Å². The van der Waals surface area contributed by atoms with Gasteiger partial charge in [-0.25, -0.2) is 13.2 Å². The Bertz CT molecular complexity index is 967. The second-order valence-electron chi connectivity index (χ2n) is 7.44. The minimum absolute atomic E-state index is 0.0435. The molecule has 2 aromatic carbocycles. The molecule has 6 heteroatoms. The van der Waals surface area contributed by atoms with E-state index in [4.69, 9.17) is 4.74 Å². The predicted octanol–water partition coefficient (Wildman–Crippen LogP) is 4.52. The molecule has 5 nitrogen and oxygen atoms in total. The molecule has 0 saturated carbocycles. The lowest BCUT2D eigenvalue weighted by Gasteiger charge is -2.19. The molecule has 1 aliphatic rings. The fraction of sp³-hybridized carbons (Fsp3) is 0.375. The van der Waals surface area contributed by atoms with Crippen molar-refractivity contribution in [3.63, 3.8) is 0 Å². The summed E-state index contributed by atoms with van der Waals surface area (Å²) < 4.78 is 31.7. The Hall–Kier alpha value is -2.44. The van der Waals surface area contributed by atoms with Crippen molar-refractivity contribution in [2.75, 3.05) is 18.9 Å². The Morgan fingerprint density at radius 1 is 1.03 bits per heavy atom. The first-order valence-corrected chi connectivity index (χ1v) is 12.1. The van der Waals surface area contributed by atoms with Crippen LogP contribution in [0, 0.1) is 5.21 Å². The lowest BCUT2D eigenvalue weighted by molar-refractivity contribution is -0.462. The van der Waals surface area contributed by atoms with Gasteiger partial charge in [0.05, 0.1) is 23.9 Å². The molecule has 0 aromatic heterocycles. The van der Waals surface area contributed by atoms with Gasteiger partial charge in [-0.15, -0.1) is 0 Å². The molecule has 0 atom stereocenters. The fourth-order valence-electron chi connectivity index (χ4n) is 3.61. The molecule has 0 saturated heterocycles. The third kappa shape index (κ3) is 6.54. The molecule has 1 heterocycles. The minimum atomic E-state index is -3.32. The maximum atomic E-state index is 12.5. The molecule has 160 valence electrons. The van der Waals surface area contributed by atoms with E-state index in [9.17, 15) is 13.6 Å². The van der Waals surface area contributed by atoms with Crippen LogP contribution in [0.5, 0.6) is 0 Å². The third-order valence-corrected chi connectivity index (χ3v) is 6.99. The van der Waals surface area contributed by atoms with E-state index in [0.29, 0.717) is 37.5 Å². The first-order chi connectivity index (χ1) is 14.6. The molecule has 0 N–H and O–H groups in total. The average Bonchev–Trinajstić information content (AvgIpc) is 2.76. The minimum Gasteiger partial charge on any atom is -0.624 e. The monoisotopic (exact) mass is 427 g/mol. The van der Waals surface area contributed by atoms with E-state index in [2.05, 4.69) is 6.08 Å². The number of sulfone groups is 1. The number of rotatable bonds is 10. The van der Waals surface area contributed by atoms with Crippen molar-refractivity contribution in [3.8, 4) is 0 Å². The summed E-state index contributed by atoms with van der Waals surface area (Å²) in [5.74, 6) is 0.0435. The summed E-state index contributed by atoms with van der Waals surface area (Å²) in [5.41, 5.74) is 2.91. The van der Waals surface area contributed by atoms with Gasteiger partial charge in [0.15, 0.2) is 22.1 Å². The molecule has 0 amide bonds. The predicted molar refractivity (Wildman–Crippen MR) is 119 cm³/mol. The average molecular weight is 428 g/mol. The number of allylic oxidation sites excluding steroid dienone is 1. The highest BCUT2D eigenvalue weighted by Crippen LogP contribution is 2.19. The van der Waals surface area contributed by atoms with Crippen LogP contribution < -0.4 is 0 Å². The highest BCUT2D eigenvalue weighted by atomic mass is 32.2. The Balaban J connectivity index is 1.51. The Labute approximate surface area is 179 Å². The van der Waals surface area contributed by atoms with Crippen LogP contribution in [0.15, 0.2) is 77.2 Å². The van der Waals surface area contributed by atoms with Crippen molar-refractivity contribution in [1.82, 2.24) is 0 Å². The van der Waals surface area contributed by atoms with Gasteiger partial charge in [0, 0.05) is 18.4 Å². The lowest BCUT2D eigenvalue weighted by Crippen LogP contribution is -2.25. The molecule has 3 rings (SSSR count). The zero-order chi connectivity index (χ0) is 21.2. The van der Waals surface area contributed by atoms with Gasteiger partial charge < -0.3 is 9.94 Å². The van der Waals surface area contributed by atoms with Crippen LogP contribution in [0.25, 0.3) is 0 Å². The van der Waals surface area contributed by atoms with Gasteiger partial charge in [-0.1, -0.05) is 54.6 Å². The van der Waals surface area contributed by atoms with Gasteiger partial charge in [0.2, 0.25) is 0 Å². The SMILES string of the molecule is O=S(=O)(CCCC1=[N+]([O-])CCC/C1=C/CCOCc1ccccc1)c1ccccc1. The largest absolute Gasteiger partial charge is 0.624 e. The van der Waals surface area contributed by atoms with Gasteiger partial charge in [-0.2, -0.15) is 0 Å². The van der Waals surface area contributed by atoms with Crippen molar-refractivity contribution < 1.29 is 17.9 Å². The molecule has 1 aliphatic heterocycles. The zero-order valence-corrected chi connectivity index (χ0v) is 18.0. The summed E-state index contributed by atoms with van der Waals surface area (Å²) in [6, 6.07) is 18.5. The van der Waals surface area contributed by atoms with Crippen LogP contribution in [-0.2, 0) is 21.2 Å². The van der Waals surface area contributed by atoms with E-state index < -0.39 is 9.84 Å². The summed E-state index contributed by atoms with van der Waals surface area (Å²) in [5, 5.41) is 12.4. The quantitative estimate of drug-likeness (QED) is 0.318. The van der Waals surface area contributed by atoms with E-state index >= 15 is 0 Å². The molecule has 0 fully saturated rings. The smallest absolute Gasteiger partial charge is 0.189 e. The second-order valence-corrected chi connectivity index (χ2v) is 9.55. The molecule has 0 spiro atoms. The van der Waals surface area contributed by atoms with Gasteiger partial charge >= 0.3 is 0 Å². The van der Waals surface area contributed by atoms with Crippen molar-refractivity contribution >= 4 is 15.5 Å². The molecule has 30 heavy (non-hydrogen) atoms. The number of ether oxygens (including phenoxy) is 1. The van der Waals surface area contributed by atoms with Crippen LogP contribution >= 0.6 is 0 Å². The van der Waals surface area contributed by atoms with E-state index in [1.165, 1.54) is 0 Å². The molecule has 2 aromatic rings. The second kappa shape index (κ2) is 11.1. The highest BCUT2D eigenvalue weighted by Gasteiger charge is 2.22. The summed E-state index contributed by atoms with van der Waals surface area (Å²) in [6.07, 6.45) is 5.42. The Kier molecular flexibility index (Phi) is 8.22. The highest BCUT2D eigenvalue weighted by molar-refractivity contribution is 7.91. The van der Waals surface area contributed by atoms with Gasteiger partial charge in [0.1, 0.15) is 0 Å². The Morgan fingerprint density at radius 2 is 1.73 bits per heavy atom. The zero-order valence-electron chi connectivity index (χ0n) is 17.2. The van der Waals surface area contributed by atoms with E-state index in [0.717, 1.165) is 40.8 Å². The van der Waals surface area contributed by atoms with Gasteiger partial charge in [0.25, 0.3) is 0 Å². The number of hydrogen-bond donors (Lipinski definition) is 0. The number of hydrogen-bond acceptors (Lipinski definition) is 4. The van der Waals surface area contributed by atoms with Gasteiger partial charge in [-0.05, 0) is 37.0 Å². The summed E-state index contributed by atoms with van der Waals surface area (Å²) in [7, 11) is -3.32. The number of nitrogens with zero attached hydrogens (tertiary/aromatic N) is 1. The summed E-state index contributed by atoms with van der Waals surface area (Å²) in [4.78, 5) is 0.337. The van der Waals surface area contributed by atoms with Crippen LogP contribution in [0.2, 0.25) is 0 Å². The molecular formula is C24H29NO4S. The number of benzene rings is 2. The maximum absolute atomic E-state index is 12.5. The van der Waals surface area contributed by atoms with E-state index in [1.54, 1.807) is 30.3 Å². The lowest BCUT2D eigenvalue weighted by atomic mass is 9.97. The topological polar surface area (TPSA) is 69.4 Å². The summed E-state index contributed by atoms with van der Waals surface area (Å²) >= 11 is 0. The third-order valence-electron chi connectivity index (χ3n) is 5.17. The first-order valence-electron chi connectivity index (χ1n) is 10.5. The fourth-order valence-corrected chi connectivity index (χ4v) is 4.95. The van der Waals surface area contributed by atoms with Crippen LogP contribution in [-0.4, -0.2) is 37.8 Å². The number of hydroxylamine groups is 1. The Morgan fingerprint density at radius 3 is 2.47 bits per heavy atom. The van der Waals surface area contributed by atoms with Gasteiger partial charge in [-0.3, -0.25) is 0 Å². The van der Waals surface area contributed by atoms with Crippen molar-refractivity contribution in [1.29, 1.82) is 0 Å². The molecular weight excluding hydrogens is 398 g/mol. The maximum Gasteiger partial charge on any atom is 0.189 e. The molecule has 0 radical (unpaired) electrons. The van der Waals surface area contributed by atoms with E-state index in [1.807, 2.05) is 30.3 Å². The summed E-state index contributed by atoms with van der Waals surface area (Å²) in [6.45, 7) is 1.64. The normalized spacial score (nSPS) is 16.2. The van der Waals surface area contributed by atoms with E-state index in [-0.39, 0.29) is 5.75 Å². The van der Waals surface area contributed by atoms with Crippen molar-refractivity contribution in [2.45, 2.75) is 43.6 Å². The molecule has 0 bridgehead atoms.